The van der Waals surface area contributed by atoms with E-state index in [1.165, 1.54) is 0 Å². The van der Waals surface area contributed by atoms with Gasteiger partial charge in [-0.1, -0.05) is 0 Å². The normalized spacial score (nSPS) is 26.5. The van der Waals surface area contributed by atoms with E-state index in [-0.39, 0.29) is 23.7 Å². The van der Waals surface area contributed by atoms with Crippen molar-refractivity contribution in [3.63, 3.8) is 0 Å². The summed E-state index contributed by atoms with van der Waals surface area (Å²) in [5.74, 6) is 0.499. The van der Waals surface area contributed by atoms with Gasteiger partial charge in [-0.15, -0.1) is 11.3 Å². The van der Waals surface area contributed by atoms with Crippen LogP contribution in [0.25, 0.3) is 0 Å². The number of imidazole rings is 1. The third-order valence-corrected chi connectivity index (χ3v) is 7.74. The first-order chi connectivity index (χ1) is 14.4. The summed E-state index contributed by atoms with van der Waals surface area (Å²) >= 11 is 1.62. The molecule has 4 heterocycles. The number of hydrogen-bond acceptors (Lipinski definition) is 5. The Morgan fingerprint density at radius 2 is 2.17 bits per heavy atom. The summed E-state index contributed by atoms with van der Waals surface area (Å²) in [6, 6.07) is 0.316. The molecule has 0 radical (unpaired) electrons. The Kier molecular flexibility index (Phi) is 4.72. The third-order valence-electron chi connectivity index (χ3n) is 6.92. The van der Waals surface area contributed by atoms with Gasteiger partial charge in [0.2, 0.25) is 11.8 Å². The minimum Gasteiger partial charge on any atom is -0.341 e. The standard InChI is InChI=1S/C22H29N5O2S/c1-14(2)27-10-19(23-13-27)18-9-26(20(28)16-4-5-16)12-22(18)6-7-25(21(22)29)8-17-11-30-15(3)24-17/h10-11,13-14,16,18H,4-9,12H2,1-3H3/t18-,22+/m0/s1. The van der Waals surface area contributed by atoms with Crippen LogP contribution < -0.4 is 0 Å². The molecule has 1 aliphatic carbocycles. The van der Waals surface area contributed by atoms with Crippen molar-refractivity contribution in [2.24, 2.45) is 11.3 Å². The van der Waals surface area contributed by atoms with Gasteiger partial charge < -0.3 is 14.4 Å². The van der Waals surface area contributed by atoms with Crippen LogP contribution in [0.15, 0.2) is 17.9 Å². The molecule has 160 valence electrons. The summed E-state index contributed by atoms with van der Waals surface area (Å²) in [7, 11) is 0. The summed E-state index contributed by atoms with van der Waals surface area (Å²) in [5, 5.41) is 3.05. The Labute approximate surface area is 181 Å². The summed E-state index contributed by atoms with van der Waals surface area (Å²) in [6.45, 7) is 8.61. The second-order valence-corrected chi connectivity index (χ2v) is 10.4. The zero-order valence-electron chi connectivity index (χ0n) is 17.9. The van der Waals surface area contributed by atoms with E-state index in [1.807, 2.05) is 28.4 Å². The van der Waals surface area contributed by atoms with Gasteiger partial charge in [-0.2, -0.15) is 0 Å². The monoisotopic (exact) mass is 427 g/mol. The Bertz CT molecular complexity index is 978. The summed E-state index contributed by atoms with van der Waals surface area (Å²) < 4.78 is 2.09. The van der Waals surface area contributed by atoms with E-state index in [0.29, 0.717) is 32.2 Å². The van der Waals surface area contributed by atoms with Crippen molar-refractivity contribution in [3.8, 4) is 0 Å². The highest BCUT2D eigenvalue weighted by molar-refractivity contribution is 7.09. The molecule has 2 saturated heterocycles. The molecule has 0 bridgehead atoms. The molecule has 1 spiro atoms. The number of likely N-dealkylation sites (tertiary alicyclic amines) is 2. The second-order valence-electron chi connectivity index (χ2n) is 9.38. The maximum Gasteiger partial charge on any atom is 0.231 e. The fourth-order valence-electron chi connectivity index (χ4n) is 5.01. The number of nitrogens with zero attached hydrogens (tertiary/aromatic N) is 5. The third kappa shape index (κ3) is 3.25. The van der Waals surface area contributed by atoms with Gasteiger partial charge in [-0.05, 0) is 40.0 Å². The summed E-state index contributed by atoms with van der Waals surface area (Å²) in [6.07, 6.45) is 6.66. The van der Waals surface area contributed by atoms with E-state index in [2.05, 4.69) is 34.6 Å². The Morgan fingerprint density at radius 3 is 2.80 bits per heavy atom. The molecule has 2 aromatic heterocycles. The fraction of sp³-hybridized carbons (Fsp3) is 0.636. The van der Waals surface area contributed by atoms with E-state index in [1.54, 1.807) is 11.3 Å². The van der Waals surface area contributed by atoms with E-state index in [9.17, 15) is 9.59 Å². The molecular formula is C22H29N5O2S. The van der Waals surface area contributed by atoms with Crippen LogP contribution in [0.5, 0.6) is 0 Å². The van der Waals surface area contributed by atoms with Gasteiger partial charge in [0.05, 0.1) is 34.7 Å². The highest BCUT2D eigenvalue weighted by Gasteiger charge is 2.59. The molecule has 30 heavy (non-hydrogen) atoms. The molecule has 1 saturated carbocycles. The number of thiazole rings is 1. The molecule has 2 aromatic rings. The molecule has 2 aliphatic heterocycles. The quantitative estimate of drug-likeness (QED) is 0.735. The van der Waals surface area contributed by atoms with Gasteiger partial charge in [-0.25, -0.2) is 9.97 Å². The minimum absolute atomic E-state index is 0.0464. The number of aryl methyl sites for hydroxylation is 1. The lowest BCUT2D eigenvalue weighted by Crippen LogP contribution is -2.40. The number of aromatic nitrogens is 3. The lowest BCUT2D eigenvalue weighted by molar-refractivity contribution is -0.137. The van der Waals surface area contributed by atoms with Gasteiger partial charge in [0, 0.05) is 49.1 Å². The lowest BCUT2D eigenvalue weighted by atomic mass is 9.75. The maximum atomic E-state index is 13.7. The van der Waals surface area contributed by atoms with Crippen molar-refractivity contribution < 1.29 is 9.59 Å². The number of carbonyl (C=O) groups excluding carboxylic acids is 2. The zero-order valence-corrected chi connectivity index (χ0v) is 18.7. The van der Waals surface area contributed by atoms with Crippen LogP contribution in [0.1, 0.15) is 61.5 Å². The smallest absolute Gasteiger partial charge is 0.231 e. The zero-order chi connectivity index (χ0) is 21.0. The highest BCUT2D eigenvalue weighted by Crippen LogP contribution is 2.51. The molecule has 0 unspecified atom stereocenters. The van der Waals surface area contributed by atoms with Crippen LogP contribution in [0.3, 0.4) is 0 Å². The van der Waals surface area contributed by atoms with Crippen LogP contribution in [0.4, 0.5) is 0 Å². The first-order valence-electron chi connectivity index (χ1n) is 10.9. The second kappa shape index (κ2) is 7.18. The predicted molar refractivity (Wildman–Crippen MR) is 114 cm³/mol. The summed E-state index contributed by atoms with van der Waals surface area (Å²) in [4.78, 5) is 39.7. The average molecular weight is 428 g/mol. The van der Waals surface area contributed by atoms with E-state index in [4.69, 9.17) is 0 Å². The van der Waals surface area contributed by atoms with Crippen molar-refractivity contribution in [2.75, 3.05) is 19.6 Å². The summed E-state index contributed by atoms with van der Waals surface area (Å²) in [5.41, 5.74) is 1.33. The van der Waals surface area contributed by atoms with Gasteiger partial charge in [0.1, 0.15) is 0 Å². The Balaban J connectivity index is 1.44. The first kappa shape index (κ1) is 19.7. The molecule has 8 heteroatoms. The van der Waals surface area contributed by atoms with Crippen molar-refractivity contribution in [2.45, 2.75) is 58.5 Å². The molecule has 7 nitrogen and oxygen atoms in total. The van der Waals surface area contributed by atoms with Crippen molar-refractivity contribution in [1.82, 2.24) is 24.3 Å². The molecule has 2 atom stereocenters. The molecule has 0 aromatic carbocycles. The van der Waals surface area contributed by atoms with Crippen molar-refractivity contribution in [3.05, 3.63) is 34.3 Å². The molecular weight excluding hydrogens is 398 g/mol. The SMILES string of the molecule is Cc1nc(CN2CC[C@]3(CN(C(=O)C4CC4)C[C@H]3c3cn(C(C)C)cn3)C2=O)cs1. The Morgan fingerprint density at radius 1 is 1.37 bits per heavy atom. The molecule has 2 amide bonds. The molecule has 0 N–H and O–H groups in total. The maximum absolute atomic E-state index is 13.7. The van der Waals surface area contributed by atoms with E-state index < -0.39 is 5.41 Å². The van der Waals surface area contributed by atoms with Crippen LogP contribution in [0.2, 0.25) is 0 Å². The fourth-order valence-corrected chi connectivity index (χ4v) is 5.62. The van der Waals surface area contributed by atoms with Gasteiger partial charge >= 0.3 is 0 Å². The van der Waals surface area contributed by atoms with Gasteiger partial charge in [0.15, 0.2) is 0 Å². The van der Waals surface area contributed by atoms with Gasteiger partial charge in [0.25, 0.3) is 0 Å². The van der Waals surface area contributed by atoms with Crippen LogP contribution in [-0.2, 0) is 16.1 Å². The number of amides is 2. The predicted octanol–water partition coefficient (Wildman–Crippen LogP) is 2.98. The first-order valence-corrected chi connectivity index (χ1v) is 11.8. The van der Waals surface area contributed by atoms with Crippen LogP contribution in [0, 0.1) is 18.3 Å². The van der Waals surface area contributed by atoms with Crippen molar-refractivity contribution in [1.29, 1.82) is 0 Å². The largest absolute Gasteiger partial charge is 0.341 e. The number of rotatable bonds is 5. The van der Waals surface area contributed by atoms with E-state index >= 15 is 0 Å². The van der Waals surface area contributed by atoms with Crippen LogP contribution in [-0.4, -0.2) is 55.8 Å². The highest BCUT2D eigenvalue weighted by atomic mass is 32.1. The molecule has 5 rings (SSSR count). The van der Waals surface area contributed by atoms with Gasteiger partial charge in [-0.3, -0.25) is 9.59 Å². The number of hydrogen-bond donors (Lipinski definition) is 0. The lowest BCUT2D eigenvalue weighted by Gasteiger charge is -2.27. The minimum atomic E-state index is -0.564. The topological polar surface area (TPSA) is 71.3 Å². The van der Waals surface area contributed by atoms with Crippen molar-refractivity contribution >= 4 is 23.2 Å². The molecule has 3 fully saturated rings. The number of carbonyl (C=O) groups is 2. The molecule has 3 aliphatic rings. The average Bonchev–Trinajstić information content (AvgIpc) is 3.05. The van der Waals surface area contributed by atoms with E-state index in [0.717, 1.165) is 35.7 Å². The van der Waals surface area contributed by atoms with Crippen LogP contribution >= 0.6 is 11.3 Å². The Hall–Kier alpha value is -2.22.